The largest absolute Gasteiger partial charge is 0.282 e. The lowest BCUT2D eigenvalue weighted by Crippen LogP contribution is -2.36. The van der Waals surface area contributed by atoms with E-state index >= 15 is 0 Å². The Balaban J connectivity index is 2.83. The molecule has 0 aromatic rings. The summed E-state index contributed by atoms with van der Waals surface area (Å²) in [7, 11) is 0. The molecule has 0 amide bonds. The Morgan fingerprint density at radius 3 is 2.25 bits per heavy atom. The van der Waals surface area contributed by atoms with Crippen LogP contribution in [0.1, 0.15) is 34.6 Å². The van der Waals surface area contributed by atoms with Gasteiger partial charge in [-0.3, -0.25) is 4.99 Å². The van der Waals surface area contributed by atoms with E-state index in [1.54, 1.807) is 0 Å². The first-order valence-corrected chi connectivity index (χ1v) is 4.59. The SMILES string of the molecule is CC(C(C)(C)C)C1(C)C=CC=N1. The van der Waals surface area contributed by atoms with Crippen LogP contribution in [0, 0.1) is 11.3 Å². The fraction of sp³-hybridized carbons (Fsp3) is 0.727. The molecule has 1 aliphatic heterocycles. The highest BCUT2D eigenvalue weighted by molar-refractivity contribution is 5.75. The molecule has 1 aliphatic rings. The van der Waals surface area contributed by atoms with Crippen molar-refractivity contribution in [2.45, 2.75) is 40.2 Å². The van der Waals surface area contributed by atoms with Crippen LogP contribution in [0.5, 0.6) is 0 Å². The molecule has 0 spiro atoms. The topological polar surface area (TPSA) is 12.4 Å². The van der Waals surface area contributed by atoms with E-state index in [0.717, 1.165) is 0 Å². The van der Waals surface area contributed by atoms with Crippen molar-refractivity contribution in [2.75, 3.05) is 0 Å². The summed E-state index contributed by atoms with van der Waals surface area (Å²) in [5.74, 6) is 0.569. The van der Waals surface area contributed by atoms with E-state index in [0.29, 0.717) is 11.3 Å². The molecule has 68 valence electrons. The fourth-order valence-electron chi connectivity index (χ4n) is 1.62. The van der Waals surface area contributed by atoms with E-state index in [4.69, 9.17) is 0 Å². The van der Waals surface area contributed by atoms with Gasteiger partial charge in [0.2, 0.25) is 0 Å². The summed E-state index contributed by atoms with van der Waals surface area (Å²) in [5, 5.41) is 0. The van der Waals surface area contributed by atoms with Crippen molar-refractivity contribution >= 4 is 6.21 Å². The Bertz CT molecular complexity index is 206. The van der Waals surface area contributed by atoms with Crippen LogP contribution in [0.2, 0.25) is 0 Å². The predicted molar refractivity (Wildman–Crippen MR) is 54.7 cm³/mol. The van der Waals surface area contributed by atoms with E-state index < -0.39 is 0 Å². The Kier molecular flexibility index (Phi) is 2.15. The summed E-state index contributed by atoms with van der Waals surface area (Å²) in [5.41, 5.74) is 0.346. The van der Waals surface area contributed by atoms with Gasteiger partial charge in [-0.15, -0.1) is 0 Å². The average molecular weight is 165 g/mol. The van der Waals surface area contributed by atoms with E-state index in [-0.39, 0.29) is 5.54 Å². The second kappa shape index (κ2) is 2.72. The van der Waals surface area contributed by atoms with Crippen molar-refractivity contribution in [1.82, 2.24) is 0 Å². The fourth-order valence-corrected chi connectivity index (χ4v) is 1.62. The van der Waals surface area contributed by atoms with Crippen LogP contribution in [-0.4, -0.2) is 11.8 Å². The second-order valence-electron chi connectivity index (χ2n) is 4.95. The van der Waals surface area contributed by atoms with Gasteiger partial charge in [0.1, 0.15) is 0 Å². The summed E-state index contributed by atoms with van der Waals surface area (Å²) < 4.78 is 0. The number of hydrogen-bond acceptors (Lipinski definition) is 1. The van der Waals surface area contributed by atoms with Gasteiger partial charge in [-0.25, -0.2) is 0 Å². The van der Waals surface area contributed by atoms with Crippen LogP contribution >= 0.6 is 0 Å². The normalized spacial score (nSPS) is 31.1. The molecule has 1 heterocycles. The lowest BCUT2D eigenvalue weighted by Gasteiger charge is -2.37. The van der Waals surface area contributed by atoms with Crippen molar-refractivity contribution in [1.29, 1.82) is 0 Å². The number of hydrogen-bond donors (Lipinski definition) is 0. The lowest BCUT2D eigenvalue weighted by molar-refractivity contribution is 0.192. The van der Waals surface area contributed by atoms with Gasteiger partial charge in [0.05, 0.1) is 5.54 Å². The first-order chi connectivity index (χ1) is 5.36. The van der Waals surface area contributed by atoms with Gasteiger partial charge in [0.25, 0.3) is 0 Å². The zero-order valence-corrected chi connectivity index (χ0v) is 8.76. The van der Waals surface area contributed by atoms with E-state index in [1.807, 2.05) is 12.3 Å². The van der Waals surface area contributed by atoms with Crippen molar-refractivity contribution < 1.29 is 0 Å². The first-order valence-electron chi connectivity index (χ1n) is 4.59. The average Bonchev–Trinajstić information content (AvgIpc) is 2.34. The number of allylic oxidation sites excluding steroid dienone is 1. The zero-order valence-electron chi connectivity index (χ0n) is 8.76. The summed E-state index contributed by atoms with van der Waals surface area (Å²) in [6.45, 7) is 11.3. The van der Waals surface area contributed by atoms with Crippen molar-refractivity contribution in [3.05, 3.63) is 12.2 Å². The Labute approximate surface area is 75.6 Å². The highest BCUT2D eigenvalue weighted by Gasteiger charge is 2.36. The number of aliphatic imine (C=N–C) groups is 1. The third-order valence-corrected chi connectivity index (χ3v) is 3.05. The van der Waals surface area contributed by atoms with Gasteiger partial charge in [-0.1, -0.05) is 33.8 Å². The van der Waals surface area contributed by atoms with E-state index in [9.17, 15) is 0 Å². The van der Waals surface area contributed by atoms with Gasteiger partial charge in [-0.05, 0) is 24.3 Å². The molecule has 0 radical (unpaired) electrons. The van der Waals surface area contributed by atoms with Crippen LogP contribution in [0.3, 0.4) is 0 Å². The summed E-state index contributed by atoms with van der Waals surface area (Å²) >= 11 is 0. The Hall–Kier alpha value is -0.590. The molecule has 1 nitrogen and oxygen atoms in total. The van der Waals surface area contributed by atoms with Gasteiger partial charge >= 0.3 is 0 Å². The van der Waals surface area contributed by atoms with Crippen LogP contribution in [-0.2, 0) is 0 Å². The maximum atomic E-state index is 4.50. The highest BCUT2D eigenvalue weighted by Crippen LogP contribution is 2.38. The van der Waals surface area contributed by atoms with Gasteiger partial charge in [-0.2, -0.15) is 0 Å². The summed E-state index contributed by atoms with van der Waals surface area (Å²) in [6.07, 6.45) is 6.15. The minimum absolute atomic E-state index is 0.0260. The molecule has 0 saturated carbocycles. The molecular weight excluding hydrogens is 146 g/mol. The molecular formula is C11H19N. The van der Waals surface area contributed by atoms with Crippen molar-refractivity contribution in [2.24, 2.45) is 16.3 Å². The number of rotatable bonds is 1. The minimum atomic E-state index is 0.0260. The molecule has 0 aromatic carbocycles. The summed E-state index contributed by atoms with van der Waals surface area (Å²) in [6, 6.07) is 0. The molecule has 0 aliphatic carbocycles. The molecule has 2 unspecified atom stereocenters. The standard InChI is InChI=1S/C11H19N/c1-9(10(2,3)4)11(5)7-6-8-12-11/h6-9H,1-5H3. The van der Waals surface area contributed by atoms with Gasteiger partial charge < -0.3 is 0 Å². The van der Waals surface area contributed by atoms with Gasteiger partial charge in [0, 0.05) is 6.21 Å². The van der Waals surface area contributed by atoms with Crippen molar-refractivity contribution in [3.8, 4) is 0 Å². The van der Waals surface area contributed by atoms with Crippen LogP contribution in [0.15, 0.2) is 17.1 Å². The quantitative estimate of drug-likeness (QED) is 0.566. The Morgan fingerprint density at radius 1 is 1.33 bits per heavy atom. The molecule has 0 saturated heterocycles. The minimum Gasteiger partial charge on any atom is -0.282 e. The molecule has 2 atom stereocenters. The van der Waals surface area contributed by atoms with E-state index in [2.05, 4.69) is 45.7 Å². The maximum Gasteiger partial charge on any atom is 0.0793 e. The second-order valence-corrected chi connectivity index (χ2v) is 4.95. The third-order valence-electron chi connectivity index (χ3n) is 3.05. The maximum absolute atomic E-state index is 4.50. The monoisotopic (exact) mass is 165 g/mol. The molecule has 12 heavy (non-hydrogen) atoms. The molecule has 1 rings (SSSR count). The van der Waals surface area contributed by atoms with Crippen LogP contribution < -0.4 is 0 Å². The lowest BCUT2D eigenvalue weighted by atomic mass is 9.71. The first kappa shape index (κ1) is 9.50. The molecule has 0 fully saturated rings. The predicted octanol–water partition coefficient (Wildman–Crippen LogP) is 3.07. The Morgan fingerprint density at radius 2 is 1.92 bits per heavy atom. The number of nitrogens with zero attached hydrogens (tertiary/aromatic N) is 1. The summed E-state index contributed by atoms with van der Waals surface area (Å²) in [4.78, 5) is 4.50. The molecule has 0 aromatic heterocycles. The molecule has 0 N–H and O–H groups in total. The van der Waals surface area contributed by atoms with Crippen LogP contribution in [0.4, 0.5) is 0 Å². The highest BCUT2D eigenvalue weighted by atomic mass is 14.9. The zero-order chi connectivity index (χ0) is 9.41. The van der Waals surface area contributed by atoms with Crippen LogP contribution in [0.25, 0.3) is 0 Å². The smallest absolute Gasteiger partial charge is 0.0793 e. The van der Waals surface area contributed by atoms with E-state index in [1.165, 1.54) is 0 Å². The van der Waals surface area contributed by atoms with Gasteiger partial charge in [0.15, 0.2) is 0 Å². The third kappa shape index (κ3) is 1.60. The molecule has 1 heteroatoms. The molecule has 0 bridgehead atoms. The van der Waals surface area contributed by atoms with Crippen molar-refractivity contribution in [3.63, 3.8) is 0 Å².